The van der Waals surface area contributed by atoms with E-state index >= 15 is 0 Å². The van der Waals surface area contributed by atoms with Gasteiger partial charge < -0.3 is 23.5 Å². The second-order valence-corrected chi connectivity index (χ2v) is 7.51. The summed E-state index contributed by atoms with van der Waals surface area (Å²) in [6.07, 6.45) is 0. The molecule has 0 spiro atoms. The molecule has 1 aromatic heterocycles. The van der Waals surface area contributed by atoms with Gasteiger partial charge in [-0.2, -0.15) is 4.99 Å². The average molecular weight is 445 g/mol. The van der Waals surface area contributed by atoms with Crippen molar-refractivity contribution in [2.45, 2.75) is 27.7 Å². The van der Waals surface area contributed by atoms with Gasteiger partial charge in [-0.25, -0.2) is 0 Å². The van der Waals surface area contributed by atoms with Crippen LogP contribution in [0.1, 0.15) is 38.1 Å². The molecule has 31 heavy (non-hydrogen) atoms. The van der Waals surface area contributed by atoms with Gasteiger partial charge in [-0.1, -0.05) is 17.4 Å². The van der Waals surface area contributed by atoms with E-state index in [0.717, 1.165) is 16.0 Å². The van der Waals surface area contributed by atoms with E-state index < -0.39 is 0 Å². The number of thiazole rings is 1. The van der Waals surface area contributed by atoms with Gasteiger partial charge in [0.25, 0.3) is 5.91 Å². The Morgan fingerprint density at radius 3 is 2.06 bits per heavy atom. The highest BCUT2D eigenvalue weighted by molar-refractivity contribution is 7.16. The normalized spacial score (nSPS) is 11.6. The maximum absolute atomic E-state index is 13.1. The molecule has 8 heteroatoms. The molecule has 1 heterocycles. The number of carbonyl (C=O) groups excluding carboxylic acids is 1. The first-order chi connectivity index (χ1) is 15.0. The second-order valence-electron chi connectivity index (χ2n) is 6.50. The number of amides is 1. The Morgan fingerprint density at radius 2 is 1.48 bits per heavy atom. The first-order valence-electron chi connectivity index (χ1n) is 10.4. The van der Waals surface area contributed by atoms with Crippen LogP contribution in [0.25, 0.3) is 10.2 Å². The lowest BCUT2D eigenvalue weighted by Gasteiger charge is -2.16. The summed E-state index contributed by atoms with van der Waals surface area (Å²) in [7, 11) is 1.88. The largest absolute Gasteiger partial charge is 0.492 e. The third-order valence-electron chi connectivity index (χ3n) is 4.44. The summed E-state index contributed by atoms with van der Waals surface area (Å²) in [6, 6.07) is 9.15. The molecular formula is C23H28N2O5S. The molecular weight excluding hydrogens is 416 g/mol. The Bertz CT molecular complexity index is 1110. The van der Waals surface area contributed by atoms with Gasteiger partial charge in [-0.05, 0) is 52.0 Å². The number of nitrogens with zero attached hydrogens (tertiary/aromatic N) is 2. The Labute approximate surface area is 185 Å². The van der Waals surface area contributed by atoms with E-state index in [9.17, 15) is 4.79 Å². The van der Waals surface area contributed by atoms with Crippen LogP contribution in [0.4, 0.5) is 0 Å². The summed E-state index contributed by atoms with van der Waals surface area (Å²) in [5.74, 6) is 1.81. The van der Waals surface area contributed by atoms with Crippen molar-refractivity contribution in [2.75, 3.05) is 26.4 Å². The molecule has 7 nitrogen and oxygen atoms in total. The lowest BCUT2D eigenvalue weighted by Crippen LogP contribution is -2.14. The number of rotatable bonds is 9. The lowest BCUT2D eigenvalue weighted by atomic mass is 10.1. The Hall–Kier alpha value is -3.00. The van der Waals surface area contributed by atoms with Crippen molar-refractivity contribution in [3.63, 3.8) is 0 Å². The monoisotopic (exact) mass is 444 g/mol. The highest BCUT2D eigenvalue weighted by Crippen LogP contribution is 2.39. The lowest BCUT2D eigenvalue weighted by molar-refractivity contribution is 0.0996. The zero-order chi connectivity index (χ0) is 22.4. The van der Waals surface area contributed by atoms with E-state index in [0.29, 0.717) is 54.0 Å². The molecule has 0 saturated heterocycles. The standard InChI is InChI=1S/C23H28N2O5S/c1-6-27-16-11-10-12-19-20(16)25(5)23(31-19)24-22(26)15-13-17(28-7-2)21(30-9-4)18(14-15)29-8-3/h10-14H,6-9H2,1-5H3. The molecule has 166 valence electrons. The molecule has 0 bridgehead atoms. The van der Waals surface area contributed by atoms with Gasteiger partial charge in [-0.15, -0.1) is 0 Å². The Balaban J connectivity index is 2.09. The summed E-state index contributed by atoms with van der Waals surface area (Å²) in [5, 5.41) is 0. The van der Waals surface area contributed by atoms with E-state index in [-0.39, 0.29) is 5.91 Å². The number of ether oxygens (including phenoxy) is 4. The van der Waals surface area contributed by atoms with Crippen molar-refractivity contribution in [1.82, 2.24) is 4.57 Å². The fourth-order valence-corrected chi connectivity index (χ4v) is 4.25. The van der Waals surface area contributed by atoms with Gasteiger partial charge in [0.15, 0.2) is 16.3 Å². The molecule has 0 unspecified atom stereocenters. The molecule has 2 aromatic carbocycles. The highest BCUT2D eigenvalue weighted by Gasteiger charge is 2.19. The Kier molecular flexibility index (Phi) is 7.57. The van der Waals surface area contributed by atoms with E-state index in [2.05, 4.69) is 4.99 Å². The van der Waals surface area contributed by atoms with E-state index in [1.165, 1.54) is 11.3 Å². The zero-order valence-electron chi connectivity index (χ0n) is 18.6. The van der Waals surface area contributed by atoms with Crippen molar-refractivity contribution in [2.24, 2.45) is 12.0 Å². The van der Waals surface area contributed by atoms with Gasteiger partial charge in [0.05, 0.1) is 31.1 Å². The van der Waals surface area contributed by atoms with Crippen molar-refractivity contribution in [1.29, 1.82) is 0 Å². The van der Waals surface area contributed by atoms with Gasteiger partial charge >= 0.3 is 0 Å². The van der Waals surface area contributed by atoms with Gasteiger partial charge in [0.1, 0.15) is 11.3 Å². The number of aromatic nitrogens is 1. The van der Waals surface area contributed by atoms with E-state index in [4.69, 9.17) is 18.9 Å². The van der Waals surface area contributed by atoms with Crippen molar-refractivity contribution in [3.8, 4) is 23.0 Å². The average Bonchev–Trinajstić information content (AvgIpc) is 3.07. The molecule has 0 atom stereocenters. The first kappa shape index (κ1) is 22.7. The summed E-state index contributed by atoms with van der Waals surface area (Å²) in [4.78, 5) is 18.0. The van der Waals surface area contributed by atoms with Crippen LogP contribution in [0, 0.1) is 0 Å². The number of para-hydroxylation sites is 1. The summed E-state index contributed by atoms with van der Waals surface area (Å²) < 4.78 is 25.8. The van der Waals surface area contributed by atoms with Crippen LogP contribution in [-0.2, 0) is 7.05 Å². The predicted molar refractivity (Wildman–Crippen MR) is 122 cm³/mol. The molecule has 0 aliphatic heterocycles. The van der Waals surface area contributed by atoms with Crippen LogP contribution in [0.3, 0.4) is 0 Å². The molecule has 0 aliphatic carbocycles. The number of carbonyl (C=O) groups is 1. The van der Waals surface area contributed by atoms with Crippen LogP contribution in [0.15, 0.2) is 35.3 Å². The molecule has 1 amide bonds. The predicted octanol–water partition coefficient (Wildman–Crippen LogP) is 4.58. The second kappa shape index (κ2) is 10.3. The maximum Gasteiger partial charge on any atom is 0.279 e. The van der Waals surface area contributed by atoms with Crippen LogP contribution in [0.2, 0.25) is 0 Å². The summed E-state index contributed by atoms with van der Waals surface area (Å²) in [5.41, 5.74) is 1.29. The van der Waals surface area contributed by atoms with Crippen molar-refractivity contribution < 1.29 is 23.7 Å². The summed E-state index contributed by atoms with van der Waals surface area (Å²) in [6.45, 7) is 9.47. The minimum Gasteiger partial charge on any atom is -0.492 e. The highest BCUT2D eigenvalue weighted by atomic mass is 32.1. The maximum atomic E-state index is 13.1. The van der Waals surface area contributed by atoms with Gasteiger partial charge in [0, 0.05) is 12.6 Å². The molecule has 0 aliphatic rings. The Morgan fingerprint density at radius 1 is 0.903 bits per heavy atom. The first-order valence-corrected chi connectivity index (χ1v) is 11.2. The molecule has 0 radical (unpaired) electrons. The number of benzene rings is 2. The number of fused-ring (bicyclic) bond motifs is 1. The van der Waals surface area contributed by atoms with Crippen molar-refractivity contribution in [3.05, 3.63) is 40.7 Å². The number of aryl methyl sites for hydroxylation is 1. The number of hydrogen-bond donors (Lipinski definition) is 0. The van der Waals surface area contributed by atoms with E-state index in [1.54, 1.807) is 12.1 Å². The van der Waals surface area contributed by atoms with Gasteiger partial charge in [0.2, 0.25) is 5.75 Å². The minimum absolute atomic E-state index is 0.373. The molecule has 3 rings (SSSR count). The van der Waals surface area contributed by atoms with Gasteiger partial charge in [-0.3, -0.25) is 4.79 Å². The van der Waals surface area contributed by atoms with Crippen LogP contribution >= 0.6 is 11.3 Å². The molecule has 3 aromatic rings. The molecule has 0 N–H and O–H groups in total. The topological polar surface area (TPSA) is 71.3 Å². The van der Waals surface area contributed by atoms with E-state index in [1.807, 2.05) is 57.5 Å². The van der Waals surface area contributed by atoms with Crippen LogP contribution < -0.4 is 23.7 Å². The SMILES string of the molecule is CCOc1cc(C(=O)N=c2sc3cccc(OCC)c3n2C)cc(OCC)c1OCC. The summed E-state index contributed by atoms with van der Waals surface area (Å²) >= 11 is 1.44. The minimum atomic E-state index is -0.384. The zero-order valence-corrected chi connectivity index (χ0v) is 19.4. The molecule has 0 saturated carbocycles. The molecule has 0 fully saturated rings. The third-order valence-corrected chi connectivity index (χ3v) is 5.54. The quantitative estimate of drug-likeness (QED) is 0.483. The smallest absolute Gasteiger partial charge is 0.279 e. The number of hydrogen-bond acceptors (Lipinski definition) is 6. The fourth-order valence-electron chi connectivity index (χ4n) is 3.21. The fraction of sp³-hybridized carbons (Fsp3) is 0.391. The van der Waals surface area contributed by atoms with Crippen LogP contribution in [-0.4, -0.2) is 36.9 Å². The van der Waals surface area contributed by atoms with Crippen molar-refractivity contribution >= 4 is 27.5 Å². The third kappa shape index (κ3) is 4.85. The van der Waals surface area contributed by atoms with Crippen LogP contribution in [0.5, 0.6) is 23.0 Å².